The van der Waals surface area contributed by atoms with Gasteiger partial charge in [-0.2, -0.15) is 0 Å². The van der Waals surface area contributed by atoms with Gasteiger partial charge in [0, 0.05) is 35.0 Å². The van der Waals surface area contributed by atoms with Gasteiger partial charge in [-0.15, -0.1) is 0 Å². The maximum Gasteiger partial charge on any atom is 0.343 e. The van der Waals surface area contributed by atoms with E-state index in [0.29, 0.717) is 16.7 Å². The molecule has 0 aliphatic carbocycles. The molecule has 1 aromatic carbocycles. The molecule has 0 spiro atoms. The number of carbonyl (C=O) groups is 2. The summed E-state index contributed by atoms with van der Waals surface area (Å²) < 4.78 is 9.77. The number of pyridine rings is 2. The van der Waals surface area contributed by atoms with E-state index in [1.807, 2.05) is 0 Å². The Hall–Kier alpha value is -4.08. The molecule has 2 heterocycles. The van der Waals surface area contributed by atoms with Crippen molar-refractivity contribution >= 4 is 22.8 Å². The smallest absolute Gasteiger partial charge is 0.343 e. The van der Waals surface area contributed by atoms with Crippen molar-refractivity contribution in [1.82, 2.24) is 9.97 Å². The topological polar surface area (TPSA) is 165 Å². The first kappa shape index (κ1) is 20.6. The van der Waals surface area contributed by atoms with Crippen molar-refractivity contribution in [2.24, 2.45) is 5.73 Å². The summed E-state index contributed by atoms with van der Waals surface area (Å²) in [7, 11) is 2.59. The molecule has 10 heteroatoms. The number of H-pyrrole nitrogens is 2. The van der Waals surface area contributed by atoms with Gasteiger partial charge in [-0.1, -0.05) is 0 Å². The second-order valence-electron chi connectivity index (χ2n) is 6.52. The fraction of sp³-hybridized carbons (Fsp3) is 0.200. The maximum atomic E-state index is 12.8. The molecule has 3 rings (SSSR count). The molecule has 0 saturated carbocycles. The lowest BCUT2D eigenvalue weighted by Gasteiger charge is -2.18. The molecule has 5 N–H and O–H groups in total. The number of hydrogen-bond donors (Lipinski definition) is 4. The number of rotatable bonds is 6. The first-order valence-corrected chi connectivity index (χ1v) is 8.79. The number of nitrogens with two attached hydrogens (primary N) is 1. The summed E-state index contributed by atoms with van der Waals surface area (Å²) in [4.78, 5) is 53.9. The average Bonchev–Trinajstić information content (AvgIpc) is 2.71. The van der Waals surface area contributed by atoms with E-state index >= 15 is 0 Å². The van der Waals surface area contributed by atoms with Crippen LogP contribution in [0.5, 0.6) is 11.5 Å². The number of aromatic nitrogens is 2. The molecule has 10 nitrogen and oxygen atoms in total. The van der Waals surface area contributed by atoms with E-state index in [-0.39, 0.29) is 16.7 Å². The highest BCUT2D eigenvalue weighted by Gasteiger charge is 2.29. The first-order valence-electron chi connectivity index (χ1n) is 8.79. The van der Waals surface area contributed by atoms with Gasteiger partial charge in [0.2, 0.25) is 5.91 Å². The number of methoxy groups -OCH3 is 2. The molecule has 156 valence electrons. The minimum Gasteiger partial charge on any atom is -0.506 e. The van der Waals surface area contributed by atoms with Gasteiger partial charge in [-0.05, 0) is 24.3 Å². The van der Waals surface area contributed by atoms with Crippen molar-refractivity contribution in [3.05, 3.63) is 67.9 Å². The van der Waals surface area contributed by atoms with Crippen LogP contribution in [0.4, 0.5) is 0 Å². The highest BCUT2D eigenvalue weighted by atomic mass is 16.5. The molecule has 1 atom stereocenters. The Morgan fingerprint density at radius 3 is 2.53 bits per heavy atom. The Balaban J connectivity index is 2.30. The summed E-state index contributed by atoms with van der Waals surface area (Å²) in [5.74, 6) is -3.09. The van der Waals surface area contributed by atoms with Crippen LogP contribution in [-0.2, 0) is 9.53 Å². The number of aromatic hydroxyl groups is 1. The van der Waals surface area contributed by atoms with Gasteiger partial charge in [0.15, 0.2) is 0 Å². The van der Waals surface area contributed by atoms with Gasteiger partial charge < -0.3 is 30.3 Å². The van der Waals surface area contributed by atoms with Crippen LogP contribution in [0, 0.1) is 0 Å². The fourth-order valence-corrected chi connectivity index (χ4v) is 3.28. The Bertz CT molecular complexity index is 1260. The second-order valence-corrected chi connectivity index (χ2v) is 6.52. The summed E-state index contributed by atoms with van der Waals surface area (Å²) in [6, 6.07) is 6.44. The monoisotopic (exact) mass is 413 g/mol. The van der Waals surface area contributed by atoms with Crippen LogP contribution in [0.1, 0.15) is 33.8 Å². The Kier molecular flexibility index (Phi) is 5.58. The number of nitrogens with one attached hydrogen (secondary N) is 2. The molecule has 0 unspecified atom stereocenters. The zero-order valence-corrected chi connectivity index (χ0v) is 16.1. The van der Waals surface area contributed by atoms with Crippen LogP contribution in [-0.4, -0.2) is 41.2 Å². The zero-order chi connectivity index (χ0) is 22.0. The number of carbonyl (C=O) groups excluding carboxylic acids is 2. The quantitative estimate of drug-likeness (QED) is 0.432. The maximum absolute atomic E-state index is 12.8. The molecule has 2 aromatic heterocycles. The average molecular weight is 413 g/mol. The van der Waals surface area contributed by atoms with Gasteiger partial charge in [0.1, 0.15) is 17.1 Å². The standard InChI is InChI=1S/C20H19N3O7/c1-29-10-3-4-14-9(5-10)6-12(18(26)23-14)11(7-15(21)24)16-17(25)13(20(28)30-2)8-22-19(16)27/h3-6,8,11H,7H2,1-2H3,(H2,21,24)(H,23,26)(H2,22,25,27)/t11-/m1/s1. The van der Waals surface area contributed by atoms with Crippen molar-refractivity contribution in [2.75, 3.05) is 14.2 Å². The summed E-state index contributed by atoms with van der Waals surface area (Å²) in [6.07, 6.45) is 0.531. The molecule has 0 bridgehead atoms. The van der Waals surface area contributed by atoms with Crippen LogP contribution in [0.25, 0.3) is 10.9 Å². The molecule has 3 aromatic rings. The van der Waals surface area contributed by atoms with Crippen LogP contribution in [0.3, 0.4) is 0 Å². The van der Waals surface area contributed by atoms with Gasteiger partial charge in [0.05, 0.1) is 19.8 Å². The molecule has 0 radical (unpaired) electrons. The molecular formula is C20H19N3O7. The molecule has 30 heavy (non-hydrogen) atoms. The predicted molar refractivity (Wildman–Crippen MR) is 107 cm³/mol. The van der Waals surface area contributed by atoms with Crippen molar-refractivity contribution in [2.45, 2.75) is 12.3 Å². The van der Waals surface area contributed by atoms with E-state index in [1.165, 1.54) is 13.2 Å². The van der Waals surface area contributed by atoms with E-state index in [9.17, 15) is 24.3 Å². The Labute approximate surface area is 169 Å². The van der Waals surface area contributed by atoms with E-state index in [4.69, 9.17) is 10.5 Å². The Morgan fingerprint density at radius 2 is 1.90 bits per heavy atom. The van der Waals surface area contributed by atoms with Gasteiger partial charge in [0.25, 0.3) is 11.1 Å². The van der Waals surface area contributed by atoms with Gasteiger partial charge in [-0.3, -0.25) is 14.4 Å². The van der Waals surface area contributed by atoms with Crippen LogP contribution in [0.15, 0.2) is 40.1 Å². The predicted octanol–water partition coefficient (Wildman–Crippen LogP) is 0.724. The van der Waals surface area contributed by atoms with Crippen molar-refractivity contribution in [3.8, 4) is 11.5 Å². The summed E-state index contributed by atoms with van der Waals surface area (Å²) in [5.41, 5.74) is 3.83. The number of hydrogen-bond acceptors (Lipinski definition) is 7. The number of fused-ring (bicyclic) bond motifs is 1. The van der Waals surface area contributed by atoms with E-state index < -0.39 is 41.1 Å². The van der Waals surface area contributed by atoms with E-state index in [0.717, 1.165) is 13.3 Å². The number of ether oxygens (including phenoxy) is 2. The van der Waals surface area contributed by atoms with Crippen molar-refractivity contribution in [1.29, 1.82) is 0 Å². The van der Waals surface area contributed by atoms with E-state index in [2.05, 4.69) is 14.7 Å². The lowest BCUT2D eigenvalue weighted by atomic mass is 9.87. The van der Waals surface area contributed by atoms with Crippen LogP contribution in [0.2, 0.25) is 0 Å². The molecular weight excluding hydrogens is 394 g/mol. The van der Waals surface area contributed by atoms with Crippen LogP contribution < -0.4 is 21.6 Å². The largest absolute Gasteiger partial charge is 0.506 e. The highest BCUT2D eigenvalue weighted by Crippen LogP contribution is 2.33. The lowest BCUT2D eigenvalue weighted by Crippen LogP contribution is -2.27. The number of primary amides is 1. The normalized spacial score (nSPS) is 11.8. The van der Waals surface area contributed by atoms with Crippen molar-refractivity contribution in [3.63, 3.8) is 0 Å². The lowest BCUT2D eigenvalue weighted by molar-refractivity contribution is -0.118. The summed E-state index contributed by atoms with van der Waals surface area (Å²) in [6.45, 7) is 0. The number of amides is 1. The summed E-state index contributed by atoms with van der Waals surface area (Å²) in [5, 5.41) is 11.2. The minimum absolute atomic E-state index is 0.0115. The second kappa shape index (κ2) is 8.11. The SMILES string of the molecule is COC(=O)c1c[nH]c(=O)c([C@H](CC(N)=O)c2cc3cc(OC)ccc3[nH]c2=O)c1O. The third-order valence-corrected chi connectivity index (χ3v) is 4.72. The molecule has 0 aliphatic rings. The number of benzene rings is 1. The minimum atomic E-state index is -1.21. The van der Waals surface area contributed by atoms with Crippen molar-refractivity contribution < 1.29 is 24.2 Å². The molecule has 0 fully saturated rings. The molecule has 0 saturated heterocycles. The first-order chi connectivity index (χ1) is 14.3. The molecule has 1 amide bonds. The zero-order valence-electron chi connectivity index (χ0n) is 16.1. The summed E-state index contributed by atoms with van der Waals surface area (Å²) >= 11 is 0. The van der Waals surface area contributed by atoms with Gasteiger partial charge in [-0.25, -0.2) is 4.79 Å². The fourth-order valence-electron chi connectivity index (χ4n) is 3.28. The van der Waals surface area contributed by atoms with E-state index in [1.54, 1.807) is 18.2 Å². The molecule has 0 aliphatic heterocycles. The third-order valence-electron chi connectivity index (χ3n) is 4.72. The van der Waals surface area contributed by atoms with Crippen LogP contribution >= 0.6 is 0 Å². The number of esters is 1. The third kappa shape index (κ3) is 3.75. The number of aromatic amines is 2. The highest BCUT2D eigenvalue weighted by molar-refractivity contribution is 5.92. The Morgan fingerprint density at radius 1 is 1.17 bits per heavy atom. The van der Waals surface area contributed by atoms with Gasteiger partial charge >= 0.3 is 5.97 Å².